The van der Waals surface area contributed by atoms with Crippen molar-refractivity contribution in [1.29, 1.82) is 0 Å². The average molecular weight is 184 g/mol. The van der Waals surface area contributed by atoms with Gasteiger partial charge in [0, 0.05) is 11.8 Å². The maximum absolute atomic E-state index is 11.8. The Morgan fingerprint density at radius 3 is 1.92 bits per heavy atom. The van der Waals surface area contributed by atoms with Crippen LogP contribution in [0.5, 0.6) is 0 Å². The van der Waals surface area contributed by atoms with E-state index in [1.165, 1.54) is 0 Å². The van der Waals surface area contributed by atoms with Gasteiger partial charge < -0.3 is 0 Å². The summed E-state index contributed by atoms with van der Waals surface area (Å²) >= 11 is 0. The lowest BCUT2D eigenvalue weighted by atomic mass is 9.80. The van der Waals surface area contributed by atoms with E-state index in [0.717, 1.165) is 25.7 Å². The van der Waals surface area contributed by atoms with Crippen molar-refractivity contribution in [2.24, 2.45) is 11.3 Å². The molecule has 0 N–H and O–H groups in total. The zero-order valence-electron chi connectivity index (χ0n) is 9.81. The fourth-order valence-electron chi connectivity index (χ4n) is 1.31. The molecule has 1 heteroatoms. The molecule has 0 radical (unpaired) electrons. The predicted molar refractivity (Wildman–Crippen MR) is 57.8 cm³/mol. The number of rotatable bonds is 6. The predicted octanol–water partition coefficient (Wildman–Crippen LogP) is 3.82. The molecule has 0 fully saturated rings. The van der Waals surface area contributed by atoms with Crippen LogP contribution in [0.3, 0.4) is 0 Å². The minimum absolute atomic E-state index is 0.109. The van der Waals surface area contributed by atoms with E-state index >= 15 is 0 Å². The Kier molecular flexibility index (Phi) is 5.27. The van der Waals surface area contributed by atoms with Gasteiger partial charge in [-0.1, -0.05) is 47.5 Å². The fraction of sp³-hybridized carbons (Fsp3) is 0.917. The second-order valence-electron chi connectivity index (χ2n) is 4.55. The molecule has 0 aliphatic rings. The second kappa shape index (κ2) is 5.41. The minimum atomic E-state index is -0.109. The van der Waals surface area contributed by atoms with Gasteiger partial charge in [0.1, 0.15) is 5.78 Å². The SMILES string of the molecule is CCC(CC)CC(=O)C(C)(C)CC. The van der Waals surface area contributed by atoms with Crippen LogP contribution >= 0.6 is 0 Å². The van der Waals surface area contributed by atoms with Crippen molar-refractivity contribution in [2.75, 3.05) is 0 Å². The summed E-state index contributed by atoms with van der Waals surface area (Å²) in [6, 6.07) is 0. The highest BCUT2D eigenvalue weighted by atomic mass is 16.1. The van der Waals surface area contributed by atoms with E-state index in [0.29, 0.717) is 11.7 Å². The van der Waals surface area contributed by atoms with Gasteiger partial charge in [0.05, 0.1) is 0 Å². The first-order chi connectivity index (χ1) is 5.97. The van der Waals surface area contributed by atoms with Crippen molar-refractivity contribution in [3.8, 4) is 0 Å². The summed E-state index contributed by atoms with van der Waals surface area (Å²) in [5, 5.41) is 0. The number of Topliss-reactive ketones (excluding diaryl/α,β-unsaturated/α-hetero) is 1. The molecule has 0 heterocycles. The van der Waals surface area contributed by atoms with Crippen molar-refractivity contribution in [1.82, 2.24) is 0 Å². The van der Waals surface area contributed by atoms with Crippen molar-refractivity contribution in [2.45, 2.75) is 60.3 Å². The molecule has 0 bridgehead atoms. The van der Waals surface area contributed by atoms with Crippen molar-refractivity contribution >= 4 is 5.78 Å². The van der Waals surface area contributed by atoms with Gasteiger partial charge in [0.15, 0.2) is 0 Å². The fourth-order valence-corrected chi connectivity index (χ4v) is 1.31. The summed E-state index contributed by atoms with van der Waals surface area (Å²) in [6.45, 7) is 10.5. The van der Waals surface area contributed by atoms with Crippen LogP contribution in [0, 0.1) is 11.3 Å². The highest BCUT2D eigenvalue weighted by Crippen LogP contribution is 2.26. The quantitative estimate of drug-likeness (QED) is 0.613. The Balaban J connectivity index is 4.13. The molecule has 0 saturated heterocycles. The highest BCUT2D eigenvalue weighted by Gasteiger charge is 2.26. The Hall–Kier alpha value is -0.330. The largest absolute Gasteiger partial charge is 0.299 e. The number of carbonyl (C=O) groups excluding carboxylic acids is 1. The summed E-state index contributed by atoms with van der Waals surface area (Å²) in [4.78, 5) is 11.8. The van der Waals surface area contributed by atoms with Gasteiger partial charge in [0.25, 0.3) is 0 Å². The molecule has 0 aromatic rings. The van der Waals surface area contributed by atoms with Crippen LogP contribution in [0.2, 0.25) is 0 Å². The number of carbonyl (C=O) groups is 1. The molecule has 0 aliphatic heterocycles. The maximum Gasteiger partial charge on any atom is 0.138 e. The van der Waals surface area contributed by atoms with Crippen LogP contribution in [0.4, 0.5) is 0 Å². The van der Waals surface area contributed by atoms with Crippen LogP contribution in [0.1, 0.15) is 60.3 Å². The van der Waals surface area contributed by atoms with Gasteiger partial charge in [-0.05, 0) is 12.3 Å². The van der Waals surface area contributed by atoms with E-state index < -0.39 is 0 Å². The van der Waals surface area contributed by atoms with Crippen LogP contribution in [0.25, 0.3) is 0 Å². The van der Waals surface area contributed by atoms with Crippen LogP contribution in [-0.2, 0) is 4.79 Å². The van der Waals surface area contributed by atoms with E-state index in [1.807, 2.05) is 0 Å². The van der Waals surface area contributed by atoms with Crippen molar-refractivity contribution in [3.05, 3.63) is 0 Å². The summed E-state index contributed by atoms with van der Waals surface area (Å²) < 4.78 is 0. The molecule has 0 unspecified atom stereocenters. The first-order valence-electron chi connectivity index (χ1n) is 5.51. The maximum atomic E-state index is 11.8. The van der Waals surface area contributed by atoms with E-state index in [2.05, 4.69) is 34.6 Å². The molecule has 13 heavy (non-hydrogen) atoms. The van der Waals surface area contributed by atoms with Gasteiger partial charge in [-0.25, -0.2) is 0 Å². The third-order valence-electron chi connectivity index (χ3n) is 3.27. The smallest absolute Gasteiger partial charge is 0.138 e. The molecule has 0 rings (SSSR count). The number of hydrogen-bond acceptors (Lipinski definition) is 1. The first-order valence-corrected chi connectivity index (χ1v) is 5.51. The van der Waals surface area contributed by atoms with Crippen molar-refractivity contribution in [3.63, 3.8) is 0 Å². The molecular weight excluding hydrogens is 160 g/mol. The van der Waals surface area contributed by atoms with E-state index in [9.17, 15) is 4.79 Å². The van der Waals surface area contributed by atoms with Gasteiger partial charge in [-0.15, -0.1) is 0 Å². The van der Waals surface area contributed by atoms with Crippen LogP contribution in [0.15, 0.2) is 0 Å². The lowest BCUT2D eigenvalue weighted by molar-refractivity contribution is -0.128. The molecule has 0 aromatic carbocycles. The van der Waals surface area contributed by atoms with E-state index in [-0.39, 0.29) is 5.41 Å². The normalized spacial score (nSPS) is 12.2. The summed E-state index contributed by atoms with van der Waals surface area (Å²) in [5.41, 5.74) is -0.109. The minimum Gasteiger partial charge on any atom is -0.299 e. The summed E-state index contributed by atoms with van der Waals surface area (Å²) in [6.07, 6.45) is 3.98. The van der Waals surface area contributed by atoms with Gasteiger partial charge in [-0.2, -0.15) is 0 Å². The molecule has 0 spiro atoms. The average Bonchev–Trinajstić information content (AvgIpc) is 2.13. The van der Waals surface area contributed by atoms with Gasteiger partial charge in [-0.3, -0.25) is 4.79 Å². The lowest BCUT2D eigenvalue weighted by Gasteiger charge is -2.23. The Labute approximate surface area is 82.9 Å². The Bertz CT molecular complexity index is 155. The molecule has 1 nitrogen and oxygen atoms in total. The van der Waals surface area contributed by atoms with E-state index in [1.54, 1.807) is 0 Å². The van der Waals surface area contributed by atoms with E-state index in [4.69, 9.17) is 0 Å². The molecule has 0 aliphatic carbocycles. The second-order valence-corrected chi connectivity index (χ2v) is 4.55. The monoisotopic (exact) mass is 184 g/mol. The van der Waals surface area contributed by atoms with Crippen LogP contribution < -0.4 is 0 Å². The van der Waals surface area contributed by atoms with Crippen LogP contribution in [-0.4, -0.2) is 5.78 Å². The lowest BCUT2D eigenvalue weighted by Crippen LogP contribution is -2.25. The molecule has 0 aromatic heterocycles. The highest BCUT2D eigenvalue weighted by molar-refractivity contribution is 5.84. The zero-order valence-corrected chi connectivity index (χ0v) is 9.81. The number of ketones is 1. The molecular formula is C12H24O. The topological polar surface area (TPSA) is 17.1 Å². The third-order valence-corrected chi connectivity index (χ3v) is 3.27. The van der Waals surface area contributed by atoms with Crippen molar-refractivity contribution < 1.29 is 4.79 Å². The zero-order chi connectivity index (χ0) is 10.5. The number of hydrogen-bond donors (Lipinski definition) is 0. The molecule has 0 saturated carbocycles. The first kappa shape index (κ1) is 12.7. The Morgan fingerprint density at radius 2 is 1.62 bits per heavy atom. The van der Waals surface area contributed by atoms with Gasteiger partial charge >= 0.3 is 0 Å². The third kappa shape index (κ3) is 3.93. The molecule has 78 valence electrons. The molecule has 0 atom stereocenters. The summed E-state index contributed by atoms with van der Waals surface area (Å²) in [7, 11) is 0. The molecule has 0 amide bonds. The standard InChI is InChI=1S/C12H24O/c1-6-10(7-2)9-11(13)12(4,5)8-3/h10H,6-9H2,1-5H3. The summed E-state index contributed by atoms with van der Waals surface area (Å²) in [5.74, 6) is 1.03. The van der Waals surface area contributed by atoms with Gasteiger partial charge in [0.2, 0.25) is 0 Å². The Morgan fingerprint density at radius 1 is 1.15 bits per heavy atom.